The Bertz CT molecular complexity index is 391. The zero-order chi connectivity index (χ0) is 11.0. The van der Waals surface area contributed by atoms with Gasteiger partial charge in [0.05, 0.1) is 19.7 Å². The Kier molecular flexibility index (Phi) is 1.42. The maximum atomic E-state index is 10.7. The number of aromatic carboxylic acids is 1. The summed E-state index contributed by atoms with van der Waals surface area (Å²) in [5.41, 5.74) is -0.501. The van der Waals surface area contributed by atoms with Gasteiger partial charge in [-0.3, -0.25) is 0 Å². The molecule has 0 unspecified atom stereocenters. The molecule has 0 bridgehead atoms. The molecule has 0 radical (unpaired) electrons. The molecule has 1 rings (SSSR count). The number of hydrogen-bond acceptors (Lipinski definition) is 1. The highest BCUT2D eigenvalue weighted by molar-refractivity contribution is 6.39. The Hall–Kier alpha value is -0.730. The van der Waals surface area contributed by atoms with Crippen LogP contribution in [-0.2, 0) is 0 Å². The summed E-state index contributed by atoms with van der Waals surface area (Å²) in [5.74, 6) is -1.41. The molecule has 1 aromatic carbocycles. The van der Waals surface area contributed by atoms with Crippen LogP contribution >= 0.6 is 23.2 Å². The molecule has 0 aliphatic heterocycles. The Labute approximate surface area is 77.6 Å². The topological polar surface area (TPSA) is 37.3 Å². The minimum atomic E-state index is -1.41. The molecule has 0 atom stereocenters. The summed E-state index contributed by atoms with van der Waals surface area (Å²) in [5, 5.41) is 7.86. The van der Waals surface area contributed by atoms with E-state index in [1.54, 1.807) is 0 Å². The molecule has 0 saturated heterocycles. The van der Waals surface area contributed by atoms with Crippen LogP contribution in [0, 0.1) is 0 Å². The van der Waals surface area contributed by atoms with Crippen molar-refractivity contribution < 1.29 is 14.0 Å². The van der Waals surface area contributed by atoms with Gasteiger partial charge in [-0.15, -0.1) is 0 Å². The van der Waals surface area contributed by atoms with Crippen LogP contribution in [0.5, 0.6) is 0 Å². The number of benzene rings is 1. The molecular formula is C7H4Cl2O2. The van der Waals surface area contributed by atoms with Gasteiger partial charge in [-0.2, -0.15) is 0 Å². The zero-order valence-electron chi connectivity index (χ0n) is 8.11. The first-order valence-electron chi connectivity index (χ1n) is 4.06. The van der Waals surface area contributed by atoms with Crippen LogP contribution in [0.2, 0.25) is 10.0 Å². The van der Waals surface area contributed by atoms with Crippen molar-refractivity contribution in [2.24, 2.45) is 0 Å². The lowest BCUT2D eigenvalue weighted by molar-refractivity contribution is 0.0697. The smallest absolute Gasteiger partial charge is 0.338 e. The van der Waals surface area contributed by atoms with Crippen LogP contribution in [0.15, 0.2) is 18.1 Å². The molecular weight excluding hydrogens is 187 g/mol. The number of carbonyl (C=O) groups is 1. The maximum Gasteiger partial charge on any atom is 0.338 e. The van der Waals surface area contributed by atoms with Gasteiger partial charge in [0.25, 0.3) is 0 Å². The monoisotopic (exact) mass is 193 g/mol. The van der Waals surface area contributed by atoms with Gasteiger partial charge in [0.1, 0.15) is 0 Å². The normalized spacial score (nSPS) is 13.5. The quantitative estimate of drug-likeness (QED) is 0.745. The minimum absolute atomic E-state index is 0.413. The van der Waals surface area contributed by atoms with Crippen molar-refractivity contribution in [1.29, 1.82) is 0 Å². The van der Waals surface area contributed by atoms with Gasteiger partial charge in [-0.1, -0.05) is 29.2 Å². The van der Waals surface area contributed by atoms with Crippen molar-refractivity contribution in [1.82, 2.24) is 0 Å². The van der Waals surface area contributed by atoms with E-state index in [-0.39, 0.29) is 0 Å². The standard InChI is InChI=1S/C7H4Cl2O2/c8-4-2-1-3-5(9)6(4)7(10)11/h1-3H,(H,10,11)/i1D,2D,3D. The number of halogens is 2. The lowest BCUT2D eigenvalue weighted by Gasteiger charge is -1.98. The fourth-order valence-electron chi connectivity index (χ4n) is 0.550. The number of hydrogen-bond donors (Lipinski definition) is 1. The molecule has 58 valence electrons. The van der Waals surface area contributed by atoms with Gasteiger partial charge in [-0.05, 0) is 12.1 Å². The fraction of sp³-hybridized carbons (Fsp3) is 0. The molecule has 2 nitrogen and oxygen atoms in total. The lowest BCUT2D eigenvalue weighted by Crippen LogP contribution is -1.97. The van der Waals surface area contributed by atoms with Gasteiger partial charge in [0.2, 0.25) is 0 Å². The van der Waals surface area contributed by atoms with Crippen molar-refractivity contribution >= 4 is 29.2 Å². The summed E-state index contributed by atoms with van der Waals surface area (Å²) in [6.07, 6.45) is 0. The summed E-state index contributed by atoms with van der Waals surface area (Å²) < 4.78 is 21.7. The fourth-order valence-corrected chi connectivity index (χ4v) is 1.04. The highest BCUT2D eigenvalue weighted by Crippen LogP contribution is 2.23. The van der Waals surface area contributed by atoms with E-state index in [9.17, 15) is 4.79 Å². The van der Waals surface area contributed by atoms with Crippen molar-refractivity contribution in [2.75, 3.05) is 0 Å². The Morgan fingerprint density at radius 3 is 2.27 bits per heavy atom. The van der Waals surface area contributed by atoms with Gasteiger partial charge < -0.3 is 5.11 Å². The first kappa shape index (κ1) is 5.01. The molecule has 0 fully saturated rings. The van der Waals surface area contributed by atoms with Crippen molar-refractivity contribution in [2.45, 2.75) is 0 Å². The van der Waals surface area contributed by atoms with E-state index in [1.807, 2.05) is 0 Å². The van der Waals surface area contributed by atoms with Gasteiger partial charge in [0.15, 0.2) is 0 Å². The second-order valence-electron chi connectivity index (χ2n) is 1.68. The van der Waals surface area contributed by atoms with Crippen LogP contribution in [0.25, 0.3) is 0 Å². The summed E-state index contributed by atoms with van der Waals surface area (Å²) >= 11 is 11.0. The second kappa shape index (κ2) is 3.11. The average Bonchev–Trinajstić information content (AvgIpc) is 2.11. The lowest BCUT2D eigenvalue weighted by atomic mass is 10.2. The predicted molar refractivity (Wildman–Crippen MR) is 43.4 cm³/mol. The van der Waals surface area contributed by atoms with E-state index in [1.165, 1.54) is 0 Å². The van der Waals surface area contributed by atoms with Crippen LogP contribution in [0.1, 0.15) is 14.5 Å². The Morgan fingerprint density at radius 1 is 1.45 bits per heavy atom. The van der Waals surface area contributed by atoms with E-state index in [0.717, 1.165) is 0 Å². The van der Waals surface area contributed by atoms with Gasteiger partial charge in [0, 0.05) is 0 Å². The first-order chi connectivity index (χ1) is 6.37. The number of carboxylic acid groups (broad SMARTS) is 1. The van der Waals surface area contributed by atoms with E-state index in [2.05, 4.69) is 0 Å². The summed E-state index contributed by atoms with van der Waals surface area (Å²) in [4.78, 5) is 10.7. The first-order valence-corrected chi connectivity index (χ1v) is 3.31. The van der Waals surface area contributed by atoms with Crippen LogP contribution in [0.3, 0.4) is 0 Å². The highest BCUT2D eigenvalue weighted by Gasteiger charge is 2.11. The highest BCUT2D eigenvalue weighted by atomic mass is 35.5. The molecule has 0 aromatic heterocycles. The van der Waals surface area contributed by atoms with Crippen LogP contribution < -0.4 is 0 Å². The van der Waals surface area contributed by atoms with E-state index >= 15 is 0 Å². The molecule has 0 aliphatic rings. The van der Waals surface area contributed by atoms with Gasteiger partial charge in [-0.25, -0.2) is 4.79 Å². The van der Waals surface area contributed by atoms with Crippen molar-refractivity contribution in [3.63, 3.8) is 0 Å². The summed E-state index contributed by atoms with van der Waals surface area (Å²) in [6.45, 7) is 0. The second-order valence-corrected chi connectivity index (χ2v) is 2.44. The third-order valence-corrected chi connectivity index (χ3v) is 1.56. The molecule has 0 saturated carbocycles. The minimum Gasteiger partial charge on any atom is -0.478 e. The Balaban J connectivity index is 3.68. The number of carboxylic acids is 1. The molecule has 0 spiro atoms. The van der Waals surface area contributed by atoms with Crippen molar-refractivity contribution in [3.05, 3.63) is 33.7 Å². The Morgan fingerprint density at radius 2 is 1.91 bits per heavy atom. The largest absolute Gasteiger partial charge is 0.478 e. The molecule has 4 heteroatoms. The number of rotatable bonds is 1. The SMILES string of the molecule is [2H]c1c([2H])c(Cl)c(C(=O)O)c(Cl)c1[2H]. The summed E-state index contributed by atoms with van der Waals surface area (Å²) in [7, 11) is 0. The van der Waals surface area contributed by atoms with Crippen LogP contribution in [0.4, 0.5) is 0 Å². The average molecular weight is 194 g/mol. The van der Waals surface area contributed by atoms with E-state index < -0.39 is 39.7 Å². The molecule has 0 amide bonds. The molecule has 1 N–H and O–H groups in total. The van der Waals surface area contributed by atoms with Crippen molar-refractivity contribution in [3.8, 4) is 0 Å². The molecule has 0 heterocycles. The molecule has 11 heavy (non-hydrogen) atoms. The van der Waals surface area contributed by atoms with Crippen LogP contribution in [-0.4, -0.2) is 11.1 Å². The maximum absolute atomic E-state index is 10.7. The third-order valence-electron chi connectivity index (χ3n) is 0.997. The van der Waals surface area contributed by atoms with Gasteiger partial charge >= 0.3 is 5.97 Å². The van der Waals surface area contributed by atoms with E-state index in [4.69, 9.17) is 32.4 Å². The van der Waals surface area contributed by atoms with E-state index in [0.29, 0.717) is 0 Å². The molecule has 1 aromatic rings. The third kappa shape index (κ3) is 1.64. The summed E-state index contributed by atoms with van der Waals surface area (Å²) in [6, 6.07) is -1.48. The molecule has 0 aliphatic carbocycles. The zero-order valence-corrected chi connectivity index (χ0v) is 6.62. The predicted octanol–water partition coefficient (Wildman–Crippen LogP) is 2.69.